The third-order valence-corrected chi connectivity index (χ3v) is 2.92. The predicted octanol–water partition coefficient (Wildman–Crippen LogP) is 3.17. The van der Waals surface area contributed by atoms with Crippen molar-refractivity contribution in [3.63, 3.8) is 0 Å². The molecule has 1 N–H and O–H groups in total. The van der Waals surface area contributed by atoms with E-state index < -0.39 is 5.97 Å². The molecule has 2 aromatic rings. The highest BCUT2D eigenvalue weighted by atomic mass is 16.5. The van der Waals surface area contributed by atoms with Crippen LogP contribution in [0.15, 0.2) is 60.4 Å². The second-order valence-electron chi connectivity index (χ2n) is 4.31. The van der Waals surface area contributed by atoms with Gasteiger partial charge in [-0.1, -0.05) is 30.3 Å². The zero-order valence-corrected chi connectivity index (χ0v) is 12.3. The second-order valence-corrected chi connectivity index (χ2v) is 4.31. The van der Waals surface area contributed by atoms with E-state index in [1.807, 2.05) is 6.07 Å². The number of hydrogen-bond donors (Lipinski definition) is 1. The Bertz CT molecular complexity index is 659. The zero-order valence-electron chi connectivity index (χ0n) is 12.3. The van der Waals surface area contributed by atoms with Crippen molar-refractivity contribution in [1.29, 1.82) is 0 Å². The van der Waals surface area contributed by atoms with E-state index in [1.54, 1.807) is 55.6 Å². The largest absolute Gasteiger partial charge is 0.497 e. The maximum Gasteiger partial charge on any atom is 0.375 e. The molecule has 0 saturated carbocycles. The average Bonchev–Trinajstić information content (AvgIpc) is 2.56. The molecule has 0 radical (unpaired) electrons. The quantitative estimate of drug-likeness (QED) is 0.655. The summed E-state index contributed by atoms with van der Waals surface area (Å²) in [6.07, 6.45) is 0. The lowest BCUT2D eigenvalue weighted by molar-refractivity contribution is -0.135. The number of methoxy groups -OCH3 is 2. The van der Waals surface area contributed by atoms with Gasteiger partial charge in [-0.25, -0.2) is 4.79 Å². The fraction of sp³-hybridized carbons (Fsp3) is 0.118. The first kappa shape index (κ1) is 15.4. The Morgan fingerprint density at radius 3 is 2.00 bits per heavy atom. The van der Waals surface area contributed by atoms with Crippen molar-refractivity contribution in [2.24, 2.45) is 0 Å². The smallest absolute Gasteiger partial charge is 0.375 e. The van der Waals surface area contributed by atoms with Crippen LogP contribution in [0.25, 0.3) is 5.76 Å². The van der Waals surface area contributed by atoms with E-state index in [1.165, 1.54) is 7.11 Å². The number of rotatable bonds is 6. The monoisotopic (exact) mass is 300 g/mol. The molecule has 2 aromatic carbocycles. The van der Waals surface area contributed by atoms with Gasteiger partial charge in [0.25, 0.3) is 5.76 Å². The molecule has 0 aliphatic heterocycles. The Kier molecular flexibility index (Phi) is 5.03. The van der Waals surface area contributed by atoms with Crippen molar-refractivity contribution in [1.82, 2.24) is 0 Å². The van der Waals surface area contributed by atoms with Gasteiger partial charge in [0.2, 0.25) is 0 Å². The van der Waals surface area contributed by atoms with Crippen LogP contribution in [0.5, 0.6) is 11.5 Å². The van der Waals surface area contributed by atoms with Crippen molar-refractivity contribution in [3.8, 4) is 11.5 Å². The van der Waals surface area contributed by atoms with Gasteiger partial charge >= 0.3 is 5.97 Å². The third kappa shape index (κ3) is 3.58. The van der Waals surface area contributed by atoms with E-state index in [4.69, 9.17) is 14.2 Å². The number of ether oxygens (including phenoxy) is 3. The van der Waals surface area contributed by atoms with Gasteiger partial charge in [0, 0.05) is 5.56 Å². The Morgan fingerprint density at radius 2 is 1.50 bits per heavy atom. The van der Waals surface area contributed by atoms with Crippen molar-refractivity contribution in [3.05, 3.63) is 65.9 Å². The van der Waals surface area contributed by atoms with E-state index in [0.717, 1.165) is 0 Å². The summed E-state index contributed by atoms with van der Waals surface area (Å²) in [5, 5.41) is 9.41. The molecule has 5 nitrogen and oxygen atoms in total. The maximum atomic E-state index is 11.5. The molecule has 0 unspecified atom stereocenters. The van der Waals surface area contributed by atoms with Crippen LogP contribution in [0.3, 0.4) is 0 Å². The lowest BCUT2D eigenvalue weighted by Gasteiger charge is -2.12. The Labute approximate surface area is 128 Å². The highest BCUT2D eigenvalue weighted by Gasteiger charge is 2.20. The molecule has 22 heavy (non-hydrogen) atoms. The van der Waals surface area contributed by atoms with Crippen molar-refractivity contribution in [2.75, 3.05) is 14.2 Å². The number of hydrogen-bond acceptors (Lipinski definition) is 4. The van der Waals surface area contributed by atoms with Gasteiger partial charge in [0.05, 0.1) is 14.2 Å². The first-order valence-corrected chi connectivity index (χ1v) is 6.54. The summed E-state index contributed by atoms with van der Waals surface area (Å²) in [6.45, 7) is 0. The molecule has 0 atom stereocenters. The molecule has 5 heteroatoms. The number of carboxylic acid groups (broad SMARTS) is 1. The molecule has 0 fully saturated rings. The lowest BCUT2D eigenvalue weighted by atomic mass is 10.1. The molecule has 0 aromatic heterocycles. The SMILES string of the molecule is COC(=C(Oc1ccc(OC)cc1)C(=O)O)c1ccccc1. The summed E-state index contributed by atoms with van der Waals surface area (Å²) in [6, 6.07) is 15.5. The second kappa shape index (κ2) is 7.17. The minimum atomic E-state index is -1.21. The van der Waals surface area contributed by atoms with Crippen LogP contribution in [0, 0.1) is 0 Å². The first-order valence-electron chi connectivity index (χ1n) is 6.54. The Hall–Kier alpha value is -2.95. The minimum absolute atomic E-state index is 0.156. The summed E-state index contributed by atoms with van der Waals surface area (Å²) in [7, 11) is 2.96. The Morgan fingerprint density at radius 1 is 0.909 bits per heavy atom. The zero-order chi connectivity index (χ0) is 15.9. The number of carboxylic acids is 1. The van der Waals surface area contributed by atoms with E-state index in [0.29, 0.717) is 17.1 Å². The normalized spacial score (nSPS) is 11.4. The van der Waals surface area contributed by atoms with Gasteiger partial charge in [-0.2, -0.15) is 0 Å². The highest BCUT2D eigenvalue weighted by Crippen LogP contribution is 2.24. The van der Waals surface area contributed by atoms with Gasteiger partial charge in [0.1, 0.15) is 11.5 Å². The van der Waals surface area contributed by atoms with Gasteiger partial charge in [-0.15, -0.1) is 0 Å². The molecule has 0 saturated heterocycles. The van der Waals surface area contributed by atoms with Gasteiger partial charge in [0.15, 0.2) is 5.76 Å². The number of benzene rings is 2. The summed E-state index contributed by atoms with van der Waals surface area (Å²) in [4.78, 5) is 11.5. The van der Waals surface area contributed by atoms with Gasteiger partial charge in [-0.05, 0) is 24.3 Å². The van der Waals surface area contributed by atoms with Crippen LogP contribution < -0.4 is 9.47 Å². The van der Waals surface area contributed by atoms with E-state index in [9.17, 15) is 9.90 Å². The van der Waals surface area contributed by atoms with Crippen LogP contribution in [0.4, 0.5) is 0 Å². The molecule has 0 bridgehead atoms. The van der Waals surface area contributed by atoms with Crippen LogP contribution >= 0.6 is 0 Å². The fourth-order valence-corrected chi connectivity index (χ4v) is 1.88. The molecular formula is C17H16O5. The number of carbonyl (C=O) groups is 1. The van der Waals surface area contributed by atoms with Crippen molar-refractivity contribution >= 4 is 11.7 Å². The lowest BCUT2D eigenvalue weighted by Crippen LogP contribution is -2.12. The van der Waals surface area contributed by atoms with Crippen LogP contribution in [0.1, 0.15) is 5.56 Å². The van der Waals surface area contributed by atoms with Crippen LogP contribution in [0.2, 0.25) is 0 Å². The molecular weight excluding hydrogens is 284 g/mol. The maximum absolute atomic E-state index is 11.5. The molecule has 0 amide bonds. The van der Waals surface area contributed by atoms with E-state index in [-0.39, 0.29) is 11.5 Å². The predicted molar refractivity (Wildman–Crippen MR) is 81.6 cm³/mol. The summed E-state index contributed by atoms with van der Waals surface area (Å²) in [5.41, 5.74) is 0.621. The fourth-order valence-electron chi connectivity index (χ4n) is 1.88. The summed E-state index contributed by atoms with van der Waals surface area (Å²) in [5.74, 6) is -0.300. The highest BCUT2D eigenvalue weighted by molar-refractivity contribution is 5.93. The number of aliphatic carboxylic acids is 1. The van der Waals surface area contributed by atoms with Gasteiger partial charge in [-0.3, -0.25) is 0 Å². The minimum Gasteiger partial charge on any atom is -0.497 e. The average molecular weight is 300 g/mol. The van der Waals surface area contributed by atoms with Crippen molar-refractivity contribution in [2.45, 2.75) is 0 Å². The van der Waals surface area contributed by atoms with Crippen LogP contribution in [-0.4, -0.2) is 25.3 Å². The van der Waals surface area contributed by atoms with E-state index >= 15 is 0 Å². The molecule has 0 aliphatic carbocycles. The standard InChI is InChI=1S/C17H16O5/c1-20-13-8-10-14(11-9-13)22-16(17(18)19)15(21-2)12-6-4-3-5-7-12/h3-11H,1-2H3,(H,18,19). The third-order valence-electron chi connectivity index (χ3n) is 2.92. The molecule has 114 valence electrons. The van der Waals surface area contributed by atoms with Crippen LogP contribution in [-0.2, 0) is 9.53 Å². The Balaban J connectivity index is 2.39. The molecule has 2 rings (SSSR count). The van der Waals surface area contributed by atoms with Crippen molar-refractivity contribution < 1.29 is 24.1 Å². The molecule has 0 heterocycles. The topological polar surface area (TPSA) is 65.0 Å². The summed E-state index contributed by atoms with van der Waals surface area (Å²) >= 11 is 0. The van der Waals surface area contributed by atoms with Gasteiger partial charge < -0.3 is 19.3 Å². The first-order chi connectivity index (χ1) is 10.7. The van der Waals surface area contributed by atoms with E-state index in [2.05, 4.69) is 0 Å². The molecule has 0 spiro atoms. The summed E-state index contributed by atoms with van der Waals surface area (Å²) < 4.78 is 15.8. The molecule has 0 aliphatic rings.